The van der Waals surface area contributed by atoms with Gasteiger partial charge in [-0.15, -0.1) is 0 Å². The Morgan fingerprint density at radius 3 is 1.39 bits per heavy atom. The normalized spacial score (nSPS) is 11.4. The van der Waals surface area contributed by atoms with Gasteiger partial charge >= 0.3 is 0 Å². The molecule has 4 N–H and O–H groups in total. The summed E-state index contributed by atoms with van der Waals surface area (Å²) in [5.41, 5.74) is 20.2. The summed E-state index contributed by atoms with van der Waals surface area (Å²) in [6, 6.07) is 27.2. The van der Waals surface area contributed by atoms with Gasteiger partial charge in [-0.2, -0.15) is 0 Å². The van der Waals surface area contributed by atoms with Gasteiger partial charge in [0.2, 0.25) is 11.8 Å². The monoisotopic (exact) mass is 432 g/mol. The van der Waals surface area contributed by atoms with Crippen molar-refractivity contribution < 1.29 is 8.83 Å². The van der Waals surface area contributed by atoms with Crippen molar-refractivity contribution >= 4 is 33.6 Å². The third kappa shape index (κ3) is 3.68. The van der Waals surface area contributed by atoms with Gasteiger partial charge in [0, 0.05) is 22.5 Å². The quantitative estimate of drug-likeness (QED) is 0.328. The van der Waals surface area contributed by atoms with Crippen molar-refractivity contribution in [2.75, 3.05) is 11.5 Å². The van der Waals surface area contributed by atoms with E-state index < -0.39 is 0 Å². The average molecular weight is 432 g/mol. The van der Waals surface area contributed by atoms with Crippen LogP contribution in [-0.2, 0) is 6.42 Å². The number of hydrogen-bond acceptors (Lipinski definition) is 6. The molecular formula is C27H20N4O2. The van der Waals surface area contributed by atoms with Crippen LogP contribution in [-0.4, -0.2) is 9.97 Å². The lowest BCUT2D eigenvalue weighted by Gasteiger charge is -2.01. The molecule has 0 spiro atoms. The number of nitrogens with two attached hydrogens (primary N) is 2. The number of nitrogen functional groups attached to an aromatic ring is 2. The average Bonchev–Trinajstić information content (AvgIpc) is 3.44. The highest BCUT2D eigenvalue weighted by Crippen LogP contribution is 2.28. The van der Waals surface area contributed by atoms with Crippen molar-refractivity contribution in [2.45, 2.75) is 6.42 Å². The minimum absolute atomic E-state index is 0.585. The number of hydrogen-bond donors (Lipinski definition) is 2. The van der Waals surface area contributed by atoms with Crippen LogP contribution in [0.5, 0.6) is 0 Å². The van der Waals surface area contributed by atoms with Crippen LogP contribution in [0.4, 0.5) is 11.4 Å². The molecule has 160 valence electrons. The molecule has 0 amide bonds. The van der Waals surface area contributed by atoms with E-state index in [0.717, 1.165) is 50.9 Å². The van der Waals surface area contributed by atoms with Crippen LogP contribution in [0.25, 0.3) is 45.1 Å². The molecule has 0 atom stereocenters. The molecule has 0 aliphatic rings. The fourth-order valence-electron chi connectivity index (χ4n) is 3.90. The van der Waals surface area contributed by atoms with Crippen LogP contribution in [0, 0.1) is 0 Å². The van der Waals surface area contributed by atoms with E-state index >= 15 is 0 Å². The molecule has 0 bridgehead atoms. The zero-order chi connectivity index (χ0) is 22.4. The van der Waals surface area contributed by atoms with Gasteiger partial charge in [0.25, 0.3) is 0 Å². The first-order valence-electron chi connectivity index (χ1n) is 10.6. The fourth-order valence-corrected chi connectivity index (χ4v) is 3.90. The standard InChI is InChI=1S/C27H20N4O2/c28-20-7-3-18(4-8-20)26-30-22-14-16(1-11-24(22)32-26)13-17-2-12-25-23(15-17)31-27(33-25)19-5-9-21(29)10-6-19/h1-12,14-15H,13,28-29H2. The summed E-state index contributed by atoms with van der Waals surface area (Å²) in [7, 11) is 0. The van der Waals surface area contributed by atoms with Crippen molar-refractivity contribution in [3.05, 3.63) is 96.1 Å². The van der Waals surface area contributed by atoms with Gasteiger partial charge < -0.3 is 20.3 Å². The molecule has 0 radical (unpaired) electrons. The minimum atomic E-state index is 0.585. The molecule has 0 unspecified atom stereocenters. The third-order valence-corrected chi connectivity index (χ3v) is 5.63. The van der Waals surface area contributed by atoms with E-state index in [2.05, 4.69) is 34.2 Å². The Morgan fingerprint density at radius 2 is 0.970 bits per heavy atom. The zero-order valence-corrected chi connectivity index (χ0v) is 17.7. The van der Waals surface area contributed by atoms with Crippen LogP contribution < -0.4 is 11.5 Å². The maximum absolute atomic E-state index is 5.93. The highest BCUT2D eigenvalue weighted by Gasteiger charge is 2.11. The molecule has 0 saturated carbocycles. The molecule has 4 aromatic carbocycles. The first kappa shape index (κ1) is 19.1. The minimum Gasteiger partial charge on any atom is -0.436 e. The number of benzene rings is 4. The van der Waals surface area contributed by atoms with Gasteiger partial charge in [0.15, 0.2) is 11.2 Å². The van der Waals surface area contributed by atoms with Gasteiger partial charge in [-0.1, -0.05) is 12.1 Å². The van der Waals surface area contributed by atoms with E-state index in [1.54, 1.807) is 0 Å². The third-order valence-electron chi connectivity index (χ3n) is 5.63. The van der Waals surface area contributed by atoms with Gasteiger partial charge in [-0.05, 0) is 90.3 Å². The van der Waals surface area contributed by atoms with Crippen LogP contribution >= 0.6 is 0 Å². The van der Waals surface area contributed by atoms with Gasteiger partial charge in [-0.3, -0.25) is 0 Å². The maximum Gasteiger partial charge on any atom is 0.227 e. The zero-order valence-electron chi connectivity index (χ0n) is 17.7. The van der Waals surface area contributed by atoms with Crippen LogP contribution in [0.3, 0.4) is 0 Å². The lowest BCUT2D eigenvalue weighted by Crippen LogP contribution is -1.88. The number of rotatable bonds is 4. The van der Waals surface area contributed by atoms with Crippen LogP contribution in [0.1, 0.15) is 11.1 Å². The van der Waals surface area contributed by atoms with E-state index in [1.165, 1.54) is 0 Å². The lowest BCUT2D eigenvalue weighted by atomic mass is 10.0. The number of nitrogens with zero attached hydrogens (tertiary/aromatic N) is 2. The Kier molecular flexibility index (Phi) is 4.36. The Balaban J connectivity index is 1.28. The SMILES string of the molecule is Nc1ccc(-c2nc3cc(Cc4ccc5oc(-c6ccc(N)cc6)nc5c4)ccc3o2)cc1. The Morgan fingerprint density at radius 1 is 0.545 bits per heavy atom. The largest absolute Gasteiger partial charge is 0.436 e. The molecule has 6 rings (SSSR count). The molecule has 33 heavy (non-hydrogen) atoms. The molecule has 2 heterocycles. The molecule has 0 aliphatic heterocycles. The summed E-state index contributed by atoms with van der Waals surface area (Å²) in [5, 5.41) is 0. The summed E-state index contributed by atoms with van der Waals surface area (Å²) < 4.78 is 11.9. The molecule has 2 aromatic heterocycles. The first-order chi connectivity index (χ1) is 16.1. The smallest absolute Gasteiger partial charge is 0.227 e. The molecule has 6 heteroatoms. The summed E-state index contributed by atoms with van der Waals surface area (Å²) in [6.07, 6.45) is 0.750. The predicted molar refractivity (Wildman–Crippen MR) is 131 cm³/mol. The predicted octanol–water partition coefficient (Wildman–Crippen LogP) is 6.06. The van der Waals surface area contributed by atoms with Crippen molar-refractivity contribution in [2.24, 2.45) is 0 Å². The summed E-state index contributed by atoms with van der Waals surface area (Å²) in [4.78, 5) is 9.33. The lowest BCUT2D eigenvalue weighted by molar-refractivity contribution is 0.619. The van der Waals surface area contributed by atoms with Gasteiger partial charge in [-0.25, -0.2) is 9.97 Å². The van der Waals surface area contributed by atoms with E-state index in [0.29, 0.717) is 23.2 Å². The summed E-state index contributed by atoms with van der Waals surface area (Å²) >= 11 is 0. The molecule has 0 fully saturated rings. The molecular weight excluding hydrogens is 412 g/mol. The Bertz CT molecular complexity index is 1470. The Hall–Kier alpha value is -4.58. The number of anilines is 2. The Labute approximate surface area is 189 Å². The molecule has 6 nitrogen and oxygen atoms in total. The first-order valence-corrected chi connectivity index (χ1v) is 10.6. The molecule has 0 aliphatic carbocycles. The highest BCUT2D eigenvalue weighted by atomic mass is 16.4. The topological polar surface area (TPSA) is 104 Å². The van der Waals surface area contributed by atoms with E-state index in [-0.39, 0.29) is 0 Å². The van der Waals surface area contributed by atoms with E-state index in [9.17, 15) is 0 Å². The van der Waals surface area contributed by atoms with E-state index in [4.69, 9.17) is 20.3 Å². The van der Waals surface area contributed by atoms with Crippen LogP contribution in [0.2, 0.25) is 0 Å². The second-order valence-corrected chi connectivity index (χ2v) is 8.06. The maximum atomic E-state index is 5.93. The van der Waals surface area contributed by atoms with Gasteiger partial charge in [0.1, 0.15) is 11.0 Å². The van der Waals surface area contributed by atoms with Crippen molar-refractivity contribution in [1.29, 1.82) is 0 Å². The van der Waals surface area contributed by atoms with Crippen molar-refractivity contribution in [1.82, 2.24) is 9.97 Å². The van der Waals surface area contributed by atoms with Crippen molar-refractivity contribution in [3.8, 4) is 22.9 Å². The van der Waals surface area contributed by atoms with Crippen molar-refractivity contribution in [3.63, 3.8) is 0 Å². The molecule has 0 saturated heterocycles. The fraction of sp³-hybridized carbons (Fsp3) is 0.0370. The number of oxazole rings is 2. The molecule has 6 aromatic rings. The number of aromatic nitrogens is 2. The van der Waals surface area contributed by atoms with E-state index in [1.807, 2.05) is 60.7 Å². The number of fused-ring (bicyclic) bond motifs is 2. The summed E-state index contributed by atoms with van der Waals surface area (Å²) in [6.45, 7) is 0. The van der Waals surface area contributed by atoms with Crippen LogP contribution in [0.15, 0.2) is 93.8 Å². The second kappa shape index (κ2) is 7.53. The second-order valence-electron chi connectivity index (χ2n) is 8.06. The summed E-state index contributed by atoms with van der Waals surface area (Å²) in [5.74, 6) is 1.17. The highest BCUT2D eigenvalue weighted by molar-refractivity contribution is 5.79. The van der Waals surface area contributed by atoms with Gasteiger partial charge in [0.05, 0.1) is 0 Å².